The van der Waals surface area contributed by atoms with Gasteiger partial charge in [0, 0.05) is 32.1 Å². The van der Waals surface area contributed by atoms with Crippen molar-refractivity contribution in [1.29, 1.82) is 0 Å². The fourth-order valence-electron chi connectivity index (χ4n) is 4.71. The Morgan fingerprint density at radius 3 is 2.21 bits per heavy atom. The quantitative estimate of drug-likeness (QED) is 0.773. The monoisotopic (exact) mass is 400 g/mol. The SMILES string of the molecule is COc1cccc(CC(=O)N2CCN(C(=O)C3CCC(C(C)(C)C)CC3)CC2)c1. The molecule has 2 fully saturated rings. The second-order valence-corrected chi connectivity index (χ2v) is 9.65. The fourth-order valence-corrected chi connectivity index (χ4v) is 4.71. The molecule has 1 aliphatic carbocycles. The van der Waals surface area contributed by atoms with Crippen molar-refractivity contribution in [3.05, 3.63) is 29.8 Å². The second kappa shape index (κ2) is 9.19. The van der Waals surface area contributed by atoms with Gasteiger partial charge in [0.15, 0.2) is 0 Å². The third-order valence-electron chi connectivity index (χ3n) is 6.73. The Hall–Kier alpha value is -2.04. The van der Waals surface area contributed by atoms with E-state index in [1.54, 1.807) is 7.11 Å². The van der Waals surface area contributed by atoms with Gasteiger partial charge in [-0.05, 0) is 54.7 Å². The standard InChI is InChI=1S/C24H36N2O3/c1-24(2,3)20-10-8-19(9-11-20)23(28)26-14-12-25(13-15-26)22(27)17-18-6-5-7-21(16-18)29-4/h5-7,16,19-20H,8-15,17H2,1-4H3. The zero-order valence-corrected chi connectivity index (χ0v) is 18.4. The highest BCUT2D eigenvalue weighted by molar-refractivity contribution is 5.81. The van der Waals surface area contributed by atoms with Crippen LogP contribution in [0.25, 0.3) is 0 Å². The summed E-state index contributed by atoms with van der Waals surface area (Å²) < 4.78 is 5.24. The van der Waals surface area contributed by atoms with Crippen molar-refractivity contribution >= 4 is 11.8 Å². The fraction of sp³-hybridized carbons (Fsp3) is 0.667. The van der Waals surface area contributed by atoms with Gasteiger partial charge in [-0.15, -0.1) is 0 Å². The number of methoxy groups -OCH3 is 1. The van der Waals surface area contributed by atoms with Crippen molar-refractivity contribution in [2.75, 3.05) is 33.3 Å². The number of benzene rings is 1. The first-order valence-corrected chi connectivity index (χ1v) is 11.0. The van der Waals surface area contributed by atoms with E-state index in [1.165, 1.54) is 0 Å². The molecule has 0 atom stereocenters. The first kappa shape index (κ1) is 21.7. The van der Waals surface area contributed by atoms with Gasteiger partial charge in [-0.2, -0.15) is 0 Å². The first-order chi connectivity index (χ1) is 13.8. The molecule has 0 spiro atoms. The van der Waals surface area contributed by atoms with Crippen LogP contribution in [-0.2, 0) is 16.0 Å². The molecule has 3 rings (SSSR count). The van der Waals surface area contributed by atoms with Gasteiger partial charge in [0.05, 0.1) is 13.5 Å². The summed E-state index contributed by atoms with van der Waals surface area (Å²) in [4.78, 5) is 29.5. The van der Waals surface area contributed by atoms with E-state index in [4.69, 9.17) is 4.74 Å². The Morgan fingerprint density at radius 2 is 1.62 bits per heavy atom. The average molecular weight is 401 g/mol. The topological polar surface area (TPSA) is 49.9 Å². The number of carbonyl (C=O) groups excluding carboxylic acids is 2. The van der Waals surface area contributed by atoms with E-state index in [0.29, 0.717) is 43.9 Å². The van der Waals surface area contributed by atoms with Crippen LogP contribution in [-0.4, -0.2) is 54.9 Å². The Morgan fingerprint density at radius 1 is 1.00 bits per heavy atom. The van der Waals surface area contributed by atoms with Gasteiger partial charge in [0.2, 0.25) is 11.8 Å². The minimum Gasteiger partial charge on any atom is -0.497 e. The molecule has 0 radical (unpaired) electrons. The van der Waals surface area contributed by atoms with Crippen LogP contribution in [0.2, 0.25) is 0 Å². The molecular formula is C24H36N2O3. The summed E-state index contributed by atoms with van der Waals surface area (Å²) in [5.74, 6) is 2.09. The molecule has 29 heavy (non-hydrogen) atoms. The normalized spacial score (nSPS) is 23.0. The largest absolute Gasteiger partial charge is 0.497 e. The molecule has 1 aromatic rings. The number of carbonyl (C=O) groups is 2. The second-order valence-electron chi connectivity index (χ2n) is 9.65. The summed E-state index contributed by atoms with van der Waals surface area (Å²) >= 11 is 0. The number of hydrogen-bond donors (Lipinski definition) is 0. The average Bonchev–Trinajstić information content (AvgIpc) is 2.73. The molecular weight excluding hydrogens is 364 g/mol. The molecule has 5 nitrogen and oxygen atoms in total. The number of hydrogen-bond acceptors (Lipinski definition) is 3. The third-order valence-corrected chi connectivity index (χ3v) is 6.73. The van der Waals surface area contributed by atoms with Gasteiger partial charge in [-0.3, -0.25) is 9.59 Å². The van der Waals surface area contributed by atoms with Gasteiger partial charge in [-0.1, -0.05) is 32.9 Å². The maximum absolute atomic E-state index is 13.0. The lowest BCUT2D eigenvalue weighted by Gasteiger charge is -2.40. The highest BCUT2D eigenvalue weighted by Crippen LogP contribution is 2.40. The van der Waals surface area contributed by atoms with Crippen molar-refractivity contribution in [2.45, 2.75) is 52.9 Å². The lowest BCUT2D eigenvalue weighted by atomic mass is 9.69. The molecule has 2 aliphatic rings. The molecule has 1 saturated carbocycles. The molecule has 160 valence electrons. The zero-order valence-electron chi connectivity index (χ0n) is 18.4. The van der Waals surface area contributed by atoms with Crippen LogP contribution in [0, 0.1) is 17.3 Å². The molecule has 0 aromatic heterocycles. The molecule has 0 unspecified atom stereocenters. The number of amides is 2. The Kier molecular flexibility index (Phi) is 6.86. The van der Waals surface area contributed by atoms with Gasteiger partial charge in [0.1, 0.15) is 5.75 Å². The predicted molar refractivity (Wildman–Crippen MR) is 115 cm³/mol. The molecule has 1 saturated heterocycles. The molecule has 0 N–H and O–H groups in total. The summed E-state index contributed by atoms with van der Waals surface area (Å²) in [7, 11) is 1.63. The number of nitrogens with zero attached hydrogens (tertiary/aromatic N) is 2. The van der Waals surface area contributed by atoms with E-state index < -0.39 is 0 Å². The van der Waals surface area contributed by atoms with Crippen molar-refractivity contribution in [3.8, 4) is 5.75 Å². The number of piperazine rings is 1. The van der Waals surface area contributed by atoms with E-state index in [-0.39, 0.29) is 11.8 Å². The van der Waals surface area contributed by atoms with Crippen LogP contribution in [0.15, 0.2) is 24.3 Å². The van der Waals surface area contributed by atoms with Crippen LogP contribution in [0.5, 0.6) is 5.75 Å². The van der Waals surface area contributed by atoms with Crippen molar-refractivity contribution in [1.82, 2.24) is 9.80 Å². The Bertz CT molecular complexity index is 709. The van der Waals surface area contributed by atoms with E-state index in [1.807, 2.05) is 34.1 Å². The molecule has 0 bridgehead atoms. The Labute approximate surface area is 175 Å². The summed E-state index contributed by atoms with van der Waals surface area (Å²) in [6.07, 6.45) is 4.70. The van der Waals surface area contributed by atoms with Gasteiger partial charge >= 0.3 is 0 Å². The smallest absolute Gasteiger partial charge is 0.227 e. The summed E-state index contributed by atoms with van der Waals surface area (Å²) in [5.41, 5.74) is 1.30. The van der Waals surface area contributed by atoms with Crippen molar-refractivity contribution in [2.24, 2.45) is 17.3 Å². The van der Waals surface area contributed by atoms with Crippen LogP contribution in [0.1, 0.15) is 52.0 Å². The summed E-state index contributed by atoms with van der Waals surface area (Å²) in [5, 5.41) is 0. The van der Waals surface area contributed by atoms with E-state index in [0.717, 1.165) is 42.9 Å². The maximum Gasteiger partial charge on any atom is 0.227 e. The minimum atomic E-state index is 0.121. The third kappa shape index (κ3) is 5.52. The predicted octanol–water partition coefficient (Wildman–Crippen LogP) is 3.76. The van der Waals surface area contributed by atoms with E-state index in [9.17, 15) is 9.59 Å². The Balaban J connectivity index is 1.46. The number of ether oxygens (including phenoxy) is 1. The van der Waals surface area contributed by atoms with E-state index in [2.05, 4.69) is 20.8 Å². The highest BCUT2D eigenvalue weighted by Gasteiger charge is 2.35. The van der Waals surface area contributed by atoms with Crippen molar-refractivity contribution in [3.63, 3.8) is 0 Å². The van der Waals surface area contributed by atoms with Crippen LogP contribution in [0.3, 0.4) is 0 Å². The van der Waals surface area contributed by atoms with Gasteiger partial charge in [-0.25, -0.2) is 0 Å². The number of rotatable bonds is 4. The van der Waals surface area contributed by atoms with Gasteiger partial charge < -0.3 is 14.5 Å². The lowest BCUT2D eigenvalue weighted by Crippen LogP contribution is -2.52. The van der Waals surface area contributed by atoms with Crippen LogP contribution < -0.4 is 4.74 Å². The highest BCUT2D eigenvalue weighted by atomic mass is 16.5. The maximum atomic E-state index is 13.0. The van der Waals surface area contributed by atoms with Gasteiger partial charge in [0.25, 0.3) is 0 Å². The summed E-state index contributed by atoms with van der Waals surface area (Å²) in [6, 6.07) is 7.65. The molecule has 5 heteroatoms. The van der Waals surface area contributed by atoms with E-state index >= 15 is 0 Å². The zero-order chi connectivity index (χ0) is 21.0. The molecule has 1 aromatic carbocycles. The molecule has 1 aliphatic heterocycles. The lowest BCUT2D eigenvalue weighted by molar-refractivity contribution is -0.143. The van der Waals surface area contributed by atoms with Crippen molar-refractivity contribution < 1.29 is 14.3 Å². The first-order valence-electron chi connectivity index (χ1n) is 11.0. The minimum absolute atomic E-state index is 0.121. The van der Waals surface area contributed by atoms with Crippen LogP contribution in [0.4, 0.5) is 0 Å². The summed E-state index contributed by atoms with van der Waals surface area (Å²) in [6.45, 7) is 9.49. The molecule has 1 heterocycles. The molecule has 2 amide bonds. The van der Waals surface area contributed by atoms with Crippen LogP contribution >= 0.6 is 0 Å².